The number of carbonyl (C=O) groups is 1. The molecule has 29 heavy (non-hydrogen) atoms. The molecule has 2 aliphatic heterocycles. The van der Waals surface area contributed by atoms with E-state index in [4.69, 9.17) is 4.74 Å². The number of ether oxygens (including phenoxy) is 1. The highest BCUT2D eigenvalue weighted by atomic mass is 16.5. The molecule has 2 aliphatic rings. The van der Waals surface area contributed by atoms with Crippen LogP contribution in [0.15, 0.2) is 29.1 Å². The minimum Gasteiger partial charge on any atom is -0.378 e. The molecule has 1 saturated heterocycles. The molecule has 8 nitrogen and oxygen atoms in total. The Balaban J connectivity index is 1.37. The zero-order valence-corrected chi connectivity index (χ0v) is 17.0. The Labute approximate surface area is 170 Å². The van der Waals surface area contributed by atoms with Gasteiger partial charge in [0.15, 0.2) is 0 Å². The Morgan fingerprint density at radius 2 is 1.86 bits per heavy atom. The van der Waals surface area contributed by atoms with Gasteiger partial charge >= 0.3 is 5.69 Å². The highest BCUT2D eigenvalue weighted by molar-refractivity contribution is 5.75. The van der Waals surface area contributed by atoms with Gasteiger partial charge in [-0.25, -0.2) is 9.48 Å². The van der Waals surface area contributed by atoms with Gasteiger partial charge in [0.05, 0.1) is 13.2 Å². The van der Waals surface area contributed by atoms with Gasteiger partial charge in [0, 0.05) is 45.3 Å². The van der Waals surface area contributed by atoms with Crippen LogP contribution in [0.1, 0.15) is 30.7 Å². The van der Waals surface area contributed by atoms with Crippen LogP contribution in [0.3, 0.4) is 0 Å². The first-order chi connectivity index (χ1) is 14.1. The highest BCUT2D eigenvalue weighted by Gasteiger charge is 2.19. The maximum atomic E-state index is 12.7. The maximum absolute atomic E-state index is 12.7. The molecular weight excluding hydrogens is 370 g/mol. The number of rotatable bonds is 5. The van der Waals surface area contributed by atoms with Gasteiger partial charge in [-0.05, 0) is 30.5 Å². The number of hydrogen-bond acceptors (Lipinski definition) is 5. The standard InChI is InChI=1S/C21H29N5O3/c1-23(15-17-6-8-18(9-7-17)24-11-13-29-14-12-24)20(27)16-26-21(28)25-10-4-2-3-5-19(25)22-26/h6-9H,2-5,10-16H2,1H3. The third-order valence-electron chi connectivity index (χ3n) is 5.72. The van der Waals surface area contributed by atoms with E-state index in [1.807, 2.05) is 0 Å². The summed E-state index contributed by atoms with van der Waals surface area (Å²) >= 11 is 0. The molecule has 1 aromatic heterocycles. The summed E-state index contributed by atoms with van der Waals surface area (Å²) in [5.41, 5.74) is 2.07. The third kappa shape index (κ3) is 4.53. The van der Waals surface area contributed by atoms with E-state index in [9.17, 15) is 9.59 Å². The van der Waals surface area contributed by atoms with Crippen LogP contribution in [0.25, 0.3) is 0 Å². The smallest absolute Gasteiger partial charge is 0.346 e. The number of anilines is 1. The molecule has 0 saturated carbocycles. The maximum Gasteiger partial charge on any atom is 0.346 e. The van der Waals surface area contributed by atoms with E-state index >= 15 is 0 Å². The second kappa shape index (κ2) is 8.82. The predicted octanol–water partition coefficient (Wildman–Crippen LogP) is 1.27. The fourth-order valence-corrected chi connectivity index (χ4v) is 3.97. The molecule has 1 fully saturated rings. The highest BCUT2D eigenvalue weighted by Crippen LogP contribution is 2.17. The number of aromatic nitrogens is 3. The summed E-state index contributed by atoms with van der Waals surface area (Å²) in [5, 5.41) is 4.41. The summed E-state index contributed by atoms with van der Waals surface area (Å²) in [6.45, 7) is 4.52. The van der Waals surface area contributed by atoms with E-state index in [1.54, 1.807) is 16.5 Å². The Morgan fingerprint density at radius 3 is 2.62 bits per heavy atom. The van der Waals surface area contributed by atoms with Gasteiger partial charge in [0.25, 0.3) is 0 Å². The molecule has 0 bridgehead atoms. The molecule has 3 heterocycles. The van der Waals surface area contributed by atoms with Gasteiger partial charge in [-0.1, -0.05) is 18.6 Å². The third-order valence-corrected chi connectivity index (χ3v) is 5.72. The SMILES string of the molecule is CN(Cc1ccc(N2CCOCC2)cc1)C(=O)Cn1nc2n(c1=O)CCCCC2. The van der Waals surface area contributed by atoms with Crippen molar-refractivity contribution in [3.63, 3.8) is 0 Å². The Bertz CT molecular complexity index is 896. The number of nitrogens with zero attached hydrogens (tertiary/aromatic N) is 5. The molecule has 0 atom stereocenters. The van der Waals surface area contributed by atoms with Crippen LogP contribution in [0.5, 0.6) is 0 Å². The fourth-order valence-electron chi connectivity index (χ4n) is 3.97. The van der Waals surface area contributed by atoms with Crippen molar-refractivity contribution < 1.29 is 9.53 Å². The van der Waals surface area contributed by atoms with Crippen LogP contribution >= 0.6 is 0 Å². The van der Waals surface area contributed by atoms with Gasteiger partial charge in [0.1, 0.15) is 12.4 Å². The molecule has 0 unspecified atom stereocenters. The average molecular weight is 399 g/mol. The van der Waals surface area contributed by atoms with Gasteiger partial charge in [0.2, 0.25) is 5.91 Å². The number of morpholine rings is 1. The van der Waals surface area contributed by atoms with Crippen LogP contribution in [0.2, 0.25) is 0 Å². The van der Waals surface area contributed by atoms with E-state index in [-0.39, 0.29) is 18.1 Å². The normalized spacial score (nSPS) is 16.9. The quantitative estimate of drug-likeness (QED) is 0.757. The summed E-state index contributed by atoms with van der Waals surface area (Å²) in [6.07, 6.45) is 3.97. The molecule has 1 aromatic carbocycles. The Kier molecular flexibility index (Phi) is 5.99. The molecule has 8 heteroatoms. The number of carbonyl (C=O) groups excluding carboxylic acids is 1. The lowest BCUT2D eigenvalue weighted by Crippen LogP contribution is -2.36. The van der Waals surface area contributed by atoms with Crippen molar-refractivity contribution >= 4 is 11.6 Å². The topological polar surface area (TPSA) is 72.6 Å². The van der Waals surface area contributed by atoms with Crippen LogP contribution in [-0.4, -0.2) is 58.5 Å². The molecule has 0 aliphatic carbocycles. The molecule has 0 radical (unpaired) electrons. The first-order valence-corrected chi connectivity index (χ1v) is 10.4. The molecule has 156 valence electrons. The second-order valence-electron chi connectivity index (χ2n) is 7.83. The number of fused-ring (bicyclic) bond motifs is 1. The molecular formula is C21H29N5O3. The van der Waals surface area contributed by atoms with Crippen LogP contribution < -0.4 is 10.6 Å². The van der Waals surface area contributed by atoms with Crippen molar-refractivity contribution in [3.05, 3.63) is 46.1 Å². The second-order valence-corrected chi connectivity index (χ2v) is 7.83. The zero-order chi connectivity index (χ0) is 20.2. The Morgan fingerprint density at radius 1 is 1.10 bits per heavy atom. The predicted molar refractivity (Wildman–Crippen MR) is 110 cm³/mol. The van der Waals surface area contributed by atoms with Crippen LogP contribution in [0, 0.1) is 0 Å². The molecule has 0 N–H and O–H groups in total. The lowest BCUT2D eigenvalue weighted by Gasteiger charge is -2.29. The molecule has 2 aromatic rings. The average Bonchev–Trinajstić information content (AvgIpc) is 2.90. The van der Waals surface area contributed by atoms with Crippen LogP contribution in [-0.2, 0) is 35.6 Å². The monoisotopic (exact) mass is 399 g/mol. The van der Waals surface area contributed by atoms with E-state index in [1.165, 1.54) is 10.4 Å². The minimum atomic E-state index is -0.168. The van der Waals surface area contributed by atoms with Gasteiger partial charge in [-0.2, -0.15) is 5.10 Å². The molecule has 0 spiro atoms. The van der Waals surface area contributed by atoms with Crippen molar-refractivity contribution in [3.8, 4) is 0 Å². The largest absolute Gasteiger partial charge is 0.378 e. The first-order valence-electron chi connectivity index (χ1n) is 10.4. The van der Waals surface area contributed by atoms with Gasteiger partial charge in [-0.15, -0.1) is 0 Å². The number of aryl methyl sites for hydroxylation is 1. The number of hydrogen-bond donors (Lipinski definition) is 0. The first kappa shape index (κ1) is 19.7. The summed E-state index contributed by atoms with van der Waals surface area (Å²) in [7, 11) is 1.77. The lowest BCUT2D eigenvalue weighted by molar-refractivity contribution is -0.131. The zero-order valence-electron chi connectivity index (χ0n) is 17.0. The minimum absolute atomic E-state index is 0.0127. The van der Waals surface area contributed by atoms with Crippen LogP contribution in [0.4, 0.5) is 5.69 Å². The van der Waals surface area contributed by atoms with Gasteiger partial charge < -0.3 is 14.5 Å². The summed E-state index contributed by atoms with van der Waals surface area (Å²) < 4.78 is 8.44. The van der Waals surface area contributed by atoms with E-state index < -0.39 is 0 Å². The summed E-state index contributed by atoms with van der Waals surface area (Å²) in [6, 6.07) is 8.30. The summed E-state index contributed by atoms with van der Waals surface area (Å²) in [5.74, 6) is 0.694. The number of amides is 1. The van der Waals surface area contributed by atoms with E-state index in [0.29, 0.717) is 13.1 Å². The van der Waals surface area contributed by atoms with Gasteiger partial charge in [-0.3, -0.25) is 9.36 Å². The van der Waals surface area contributed by atoms with E-state index in [0.717, 1.165) is 63.4 Å². The summed E-state index contributed by atoms with van der Waals surface area (Å²) in [4.78, 5) is 29.2. The fraction of sp³-hybridized carbons (Fsp3) is 0.571. The Hall–Kier alpha value is -2.61. The number of likely N-dealkylation sites (N-methyl/N-ethyl adjacent to an activating group) is 1. The molecule has 1 amide bonds. The molecule has 4 rings (SSSR count). The van der Waals surface area contributed by atoms with E-state index in [2.05, 4.69) is 34.3 Å². The van der Waals surface area contributed by atoms with Crippen molar-refractivity contribution in [1.82, 2.24) is 19.2 Å². The van der Waals surface area contributed by atoms with Crippen molar-refractivity contribution in [1.29, 1.82) is 0 Å². The lowest BCUT2D eigenvalue weighted by atomic mass is 10.1. The van der Waals surface area contributed by atoms with Crippen molar-refractivity contribution in [2.45, 2.75) is 45.3 Å². The number of benzene rings is 1. The van der Waals surface area contributed by atoms with Crippen molar-refractivity contribution in [2.75, 3.05) is 38.3 Å². The van der Waals surface area contributed by atoms with Crippen molar-refractivity contribution in [2.24, 2.45) is 0 Å².